The van der Waals surface area contributed by atoms with Gasteiger partial charge in [0.05, 0.1) is 0 Å². The van der Waals surface area contributed by atoms with E-state index in [1.54, 1.807) is 0 Å². The summed E-state index contributed by atoms with van der Waals surface area (Å²) in [5, 5.41) is 4.29. The molecule has 0 unspecified atom stereocenters. The first-order valence-corrected chi connectivity index (χ1v) is 7.20. The second kappa shape index (κ2) is 7.44. The lowest BCUT2D eigenvalue weighted by Crippen LogP contribution is -2.17. The average Bonchev–Trinajstić information content (AvgIpc) is 2.42. The monoisotopic (exact) mass is 288 g/mol. The molecule has 3 heteroatoms. The zero-order valence-electron chi connectivity index (χ0n) is 12.1. The topological polar surface area (TPSA) is 15.3 Å². The van der Waals surface area contributed by atoms with Gasteiger partial charge in [-0.05, 0) is 36.9 Å². The van der Waals surface area contributed by atoms with Crippen molar-refractivity contribution in [3.8, 4) is 0 Å². The van der Waals surface area contributed by atoms with Crippen LogP contribution in [0.1, 0.15) is 16.7 Å². The lowest BCUT2D eigenvalue weighted by molar-refractivity contribution is 0.400. The molecule has 2 aromatic rings. The molecule has 0 saturated carbocycles. The molecule has 2 rings (SSSR count). The molecule has 20 heavy (non-hydrogen) atoms. The van der Waals surface area contributed by atoms with Crippen molar-refractivity contribution in [2.24, 2.45) is 0 Å². The zero-order chi connectivity index (χ0) is 14.4. The van der Waals surface area contributed by atoms with Gasteiger partial charge in [0.2, 0.25) is 0 Å². The molecule has 0 aliphatic rings. The van der Waals surface area contributed by atoms with Gasteiger partial charge < -0.3 is 10.2 Å². The zero-order valence-corrected chi connectivity index (χ0v) is 12.8. The summed E-state index contributed by atoms with van der Waals surface area (Å²) in [4.78, 5) is 2.19. The number of nitrogens with zero attached hydrogens (tertiary/aromatic N) is 1. The van der Waals surface area contributed by atoms with Crippen molar-refractivity contribution in [1.82, 2.24) is 10.2 Å². The van der Waals surface area contributed by atoms with Crippen LogP contribution in [0.25, 0.3) is 0 Å². The van der Waals surface area contributed by atoms with E-state index in [2.05, 4.69) is 54.6 Å². The fourth-order valence-corrected chi connectivity index (χ4v) is 2.40. The summed E-state index contributed by atoms with van der Waals surface area (Å²) in [6, 6.07) is 16.5. The molecule has 106 valence electrons. The molecule has 0 fully saturated rings. The van der Waals surface area contributed by atoms with Gasteiger partial charge in [-0.15, -0.1) is 0 Å². The van der Waals surface area contributed by atoms with E-state index in [1.165, 1.54) is 11.1 Å². The molecule has 0 saturated heterocycles. The Labute approximate surface area is 126 Å². The molecule has 0 amide bonds. The molecular formula is C17H21ClN2. The first kappa shape index (κ1) is 15.0. The summed E-state index contributed by atoms with van der Waals surface area (Å²) in [5.74, 6) is 0. The van der Waals surface area contributed by atoms with Crippen LogP contribution in [-0.4, -0.2) is 19.0 Å². The van der Waals surface area contributed by atoms with Crippen molar-refractivity contribution in [1.29, 1.82) is 0 Å². The summed E-state index contributed by atoms with van der Waals surface area (Å²) in [7, 11) is 4.18. The number of benzene rings is 2. The summed E-state index contributed by atoms with van der Waals surface area (Å²) < 4.78 is 0. The van der Waals surface area contributed by atoms with Crippen LogP contribution in [0.4, 0.5) is 0 Å². The second-order valence-corrected chi connectivity index (χ2v) is 5.61. The van der Waals surface area contributed by atoms with Gasteiger partial charge in [-0.1, -0.05) is 54.1 Å². The maximum atomic E-state index is 6.16. The molecule has 0 aliphatic heterocycles. The van der Waals surface area contributed by atoms with Crippen LogP contribution in [0.5, 0.6) is 0 Å². The van der Waals surface area contributed by atoms with E-state index in [1.807, 2.05) is 18.2 Å². The van der Waals surface area contributed by atoms with E-state index in [4.69, 9.17) is 11.6 Å². The van der Waals surface area contributed by atoms with E-state index in [-0.39, 0.29) is 0 Å². The molecule has 0 radical (unpaired) electrons. The molecular weight excluding hydrogens is 268 g/mol. The van der Waals surface area contributed by atoms with Crippen LogP contribution >= 0.6 is 11.6 Å². The van der Waals surface area contributed by atoms with Crippen molar-refractivity contribution < 1.29 is 0 Å². The standard InChI is InChI=1S/C17H21ClN2/c1-20(2)13-16-9-4-3-7-14(16)11-19-12-15-8-5-6-10-17(15)18/h3-10,19H,11-13H2,1-2H3. The van der Waals surface area contributed by atoms with Crippen molar-refractivity contribution in [3.05, 3.63) is 70.2 Å². The molecule has 0 heterocycles. The number of hydrogen-bond donors (Lipinski definition) is 1. The molecule has 2 nitrogen and oxygen atoms in total. The highest BCUT2D eigenvalue weighted by Crippen LogP contribution is 2.15. The number of halogens is 1. The largest absolute Gasteiger partial charge is 0.309 e. The average molecular weight is 289 g/mol. The Hall–Kier alpha value is -1.35. The molecule has 0 spiro atoms. The molecule has 1 N–H and O–H groups in total. The van der Waals surface area contributed by atoms with Crippen LogP contribution in [0.2, 0.25) is 5.02 Å². The van der Waals surface area contributed by atoms with Gasteiger partial charge in [-0.25, -0.2) is 0 Å². The van der Waals surface area contributed by atoms with Gasteiger partial charge in [-0.2, -0.15) is 0 Å². The van der Waals surface area contributed by atoms with Crippen molar-refractivity contribution in [2.75, 3.05) is 14.1 Å². The van der Waals surface area contributed by atoms with Gasteiger partial charge in [0.15, 0.2) is 0 Å². The summed E-state index contributed by atoms with van der Waals surface area (Å²) in [5.41, 5.74) is 3.84. The predicted molar refractivity (Wildman–Crippen MR) is 85.8 cm³/mol. The lowest BCUT2D eigenvalue weighted by Gasteiger charge is -2.15. The summed E-state index contributed by atoms with van der Waals surface area (Å²) in [6.07, 6.45) is 0. The number of rotatable bonds is 6. The number of hydrogen-bond acceptors (Lipinski definition) is 2. The number of nitrogens with one attached hydrogen (secondary N) is 1. The minimum Gasteiger partial charge on any atom is -0.309 e. The van der Waals surface area contributed by atoms with E-state index < -0.39 is 0 Å². The first-order valence-electron chi connectivity index (χ1n) is 6.82. The van der Waals surface area contributed by atoms with Gasteiger partial charge >= 0.3 is 0 Å². The fraction of sp³-hybridized carbons (Fsp3) is 0.294. The van der Waals surface area contributed by atoms with Crippen LogP contribution in [0.15, 0.2) is 48.5 Å². The molecule has 0 aliphatic carbocycles. The van der Waals surface area contributed by atoms with Crippen molar-refractivity contribution in [2.45, 2.75) is 19.6 Å². The predicted octanol–water partition coefficient (Wildman–Crippen LogP) is 3.69. The van der Waals surface area contributed by atoms with Gasteiger partial charge in [0.25, 0.3) is 0 Å². The fourth-order valence-electron chi connectivity index (χ4n) is 2.20. The quantitative estimate of drug-likeness (QED) is 0.872. The third kappa shape index (κ3) is 4.34. The van der Waals surface area contributed by atoms with E-state index in [0.717, 1.165) is 30.2 Å². The second-order valence-electron chi connectivity index (χ2n) is 5.20. The van der Waals surface area contributed by atoms with Crippen LogP contribution in [0.3, 0.4) is 0 Å². The minimum atomic E-state index is 0.788. The van der Waals surface area contributed by atoms with Gasteiger partial charge in [0.1, 0.15) is 0 Å². The minimum absolute atomic E-state index is 0.788. The Morgan fingerprint density at radius 3 is 2.05 bits per heavy atom. The Bertz CT molecular complexity index is 552. The summed E-state index contributed by atoms with van der Waals surface area (Å²) >= 11 is 6.16. The lowest BCUT2D eigenvalue weighted by atomic mass is 10.1. The highest BCUT2D eigenvalue weighted by atomic mass is 35.5. The third-order valence-electron chi connectivity index (χ3n) is 3.19. The highest BCUT2D eigenvalue weighted by Gasteiger charge is 2.03. The third-order valence-corrected chi connectivity index (χ3v) is 3.56. The Balaban J connectivity index is 1.96. The summed E-state index contributed by atoms with van der Waals surface area (Å²) in [6.45, 7) is 2.61. The first-order chi connectivity index (χ1) is 9.66. The highest BCUT2D eigenvalue weighted by molar-refractivity contribution is 6.31. The van der Waals surface area contributed by atoms with Gasteiger partial charge in [-0.3, -0.25) is 0 Å². The van der Waals surface area contributed by atoms with Crippen LogP contribution < -0.4 is 5.32 Å². The Morgan fingerprint density at radius 1 is 0.850 bits per heavy atom. The van der Waals surface area contributed by atoms with E-state index >= 15 is 0 Å². The van der Waals surface area contributed by atoms with E-state index in [0.29, 0.717) is 0 Å². The smallest absolute Gasteiger partial charge is 0.0450 e. The van der Waals surface area contributed by atoms with Crippen molar-refractivity contribution in [3.63, 3.8) is 0 Å². The van der Waals surface area contributed by atoms with E-state index in [9.17, 15) is 0 Å². The molecule has 0 aromatic heterocycles. The van der Waals surface area contributed by atoms with Gasteiger partial charge in [0, 0.05) is 24.7 Å². The maximum Gasteiger partial charge on any atom is 0.0450 e. The molecule has 2 aromatic carbocycles. The Kier molecular flexibility index (Phi) is 5.60. The Morgan fingerprint density at radius 2 is 1.40 bits per heavy atom. The molecule has 0 atom stereocenters. The van der Waals surface area contributed by atoms with Crippen LogP contribution in [-0.2, 0) is 19.6 Å². The van der Waals surface area contributed by atoms with Crippen molar-refractivity contribution >= 4 is 11.6 Å². The maximum absolute atomic E-state index is 6.16. The normalized spacial score (nSPS) is 11.0. The van der Waals surface area contributed by atoms with Crippen LogP contribution in [0, 0.1) is 0 Å². The SMILES string of the molecule is CN(C)Cc1ccccc1CNCc1ccccc1Cl. The molecule has 0 bridgehead atoms.